The number of anilines is 1. The molecule has 1 aliphatic rings. The summed E-state index contributed by atoms with van der Waals surface area (Å²) in [7, 11) is 0. The van der Waals surface area contributed by atoms with Gasteiger partial charge in [-0.1, -0.05) is 12.1 Å². The highest BCUT2D eigenvalue weighted by molar-refractivity contribution is 7.22. The molecule has 4 N–H and O–H groups in total. The summed E-state index contributed by atoms with van der Waals surface area (Å²) in [5.41, 5.74) is 8.11. The van der Waals surface area contributed by atoms with Gasteiger partial charge in [0.15, 0.2) is 0 Å². The van der Waals surface area contributed by atoms with Gasteiger partial charge in [0, 0.05) is 40.8 Å². The second-order valence-electron chi connectivity index (χ2n) is 8.43. The summed E-state index contributed by atoms with van der Waals surface area (Å²) >= 11 is 3.22. The third-order valence-electron chi connectivity index (χ3n) is 6.01. The molecule has 5 heterocycles. The Hall–Kier alpha value is -3.34. The fourth-order valence-electron chi connectivity index (χ4n) is 4.33. The molecular formula is C24H23N7OS2. The monoisotopic (exact) mass is 489 g/mol. The molecule has 1 amide bonds. The highest BCUT2D eigenvalue weighted by atomic mass is 32.1. The molecular weight excluding hydrogens is 466 g/mol. The van der Waals surface area contributed by atoms with Crippen molar-refractivity contribution in [2.24, 2.45) is 5.73 Å². The van der Waals surface area contributed by atoms with Crippen molar-refractivity contribution in [3.63, 3.8) is 0 Å². The topological polar surface area (TPSA) is 111 Å². The maximum atomic E-state index is 12.1. The number of para-hydroxylation sites is 1. The smallest absolute Gasteiger partial charge is 0.251 e. The molecule has 0 radical (unpaired) electrons. The van der Waals surface area contributed by atoms with Gasteiger partial charge < -0.3 is 16.4 Å². The average molecular weight is 490 g/mol. The maximum absolute atomic E-state index is 12.1. The number of pyridine rings is 1. The quantitative estimate of drug-likeness (QED) is 0.331. The Morgan fingerprint density at radius 2 is 2.18 bits per heavy atom. The van der Waals surface area contributed by atoms with Gasteiger partial charge in [-0.25, -0.2) is 9.97 Å². The van der Waals surface area contributed by atoms with Crippen molar-refractivity contribution in [1.82, 2.24) is 25.1 Å². The van der Waals surface area contributed by atoms with Gasteiger partial charge in [-0.3, -0.25) is 9.48 Å². The second kappa shape index (κ2) is 8.79. The number of primary amides is 1. The first kappa shape index (κ1) is 21.2. The molecule has 5 aromatic rings. The Morgan fingerprint density at radius 3 is 3.00 bits per heavy atom. The summed E-state index contributed by atoms with van der Waals surface area (Å²) in [5, 5.41) is 13.5. The number of thiazole rings is 1. The van der Waals surface area contributed by atoms with Crippen LogP contribution in [-0.2, 0) is 6.54 Å². The Morgan fingerprint density at radius 1 is 1.26 bits per heavy atom. The first-order chi connectivity index (χ1) is 16.6. The lowest BCUT2D eigenvalue weighted by atomic mass is 10.1. The lowest BCUT2D eigenvalue weighted by Crippen LogP contribution is -2.38. The van der Waals surface area contributed by atoms with E-state index in [1.807, 2.05) is 35.3 Å². The number of nitrogens with zero attached hydrogens (tertiary/aromatic N) is 4. The number of benzene rings is 1. The summed E-state index contributed by atoms with van der Waals surface area (Å²) in [5.74, 6) is 0.321. The van der Waals surface area contributed by atoms with Gasteiger partial charge in [-0.2, -0.15) is 5.10 Å². The maximum Gasteiger partial charge on any atom is 0.251 e. The molecule has 172 valence electrons. The average Bonchev–Trinajstić information content (AvgIpc) is 3.57. The van der Waals surface area contributed by atoms with Crippen molar-refractivity contribution < 1.29 is 4.79 Å². The number of nitrogens with two attached hydrogens (primary N) is 1. The Kier molecular flexibility index (Phi) is 5.48. The van der Waals surface area contributed by atoms with E-state index in [9.17, 15) is 4.79 Å². The lowest BCUT2D eigenvalue weighted by Gasteiger charge is -2.24. The van der Waals surface area contributed by atoms with E-state index in [-0.39, 0.29) is 0 Å². The molecule has 1 fully saturated rings. The number of carbonyl (C=O) groups excluding carboxylic acids is 1. The number of fused-ring (bicyclic) bond motifs is 2. The number of rotatable bonds is 6. The Bertz CT molecular complexity index is 1460. The molecule has 10 heteroatoms. The molecule has 34 heavy (non-hydrogen) atoms. The molecule has 0 aliphatic carbocycles. The summed E-state index contributed by atoms with van der Waals surface area (Å²) in [6.45, 7) is 2.56. The molecule has 8 nitrogen and oxygen atoms in total. The van der Waals surface area contributed by atoms with Crippen molar-refractivity contribution in [2.75, 3.05) is 18.4 Å². The summed E-state index contributed by atoms with van der Waals surface area (Å²) in [6.07, 6.45) is 7.67. The van der Waals surface area contributed by atoms with E-state index >= 15 is 0 Å². The fourth-order valence-corrected chi connectivity index (χ4v) is 6.44. The number of nitrogens with one attached hydrogen (secondary N) is 2. The first-order valence-corrected chi connectivity index (χ1v) is 12.8. The van der Waals surface area contributed by atoms with Gasteiger partial charge in [0.2, 0.25) is 0 Å². The minimum Gasteiger partial charge on any atom is -0.366 e. The Labute approximate surface area is 203 Å². The van der Waals surface area contributed by atoms with Gasteiger partial charge in [0.05, 0.1) is 33.2 Å². The van der Waals surface area contributed by atoms with Crippen molar-refractivity contribution >= 4 is 54.7 Å². The van der Waals surface area contributed by atoms with Gasteiger partial charge in [0.25, 0.3) is 5.91 Å². The highest BCUT2D eigenvalue weighted by Gasteiger charge is 2.20. The minimum atomic E-state index is -0.469. The molecule has 6 rings (SSSR count). The highest BCUT2D eigenvalue weighted by Crippen LogP contribution is 2.38. The number of hydrogen-bond acceptors (Lipinski definition) is 8. The van der Waals surface area contributed by atoms with Crippen LogP contribution in [0.25, 0.3) is 30.7 Å². The molecule has 1 atom stereocenters. The van der Waals surface area contributed by atoms with E-state index in [0.29, 0.717) is 18.2 Å². The van der Waals surface area contributed by atoms with E-state index in [2.05, 4.69) is 32.8 Å². The second-order valence-corrected chi connectivity index (χ2v) is 10.6. The number of hydrogen-bond donors (Lipinski definition) is 3. The fraction of sp³-hybridized carbons (Fsp3) is 0.250. The molecule has 1 aliphatic heterocycles. The van der Waals surface area contributed by atoms with Crippen LogP contribution in [-0.4, -0.2) is 44.8 Å². The largest absolute Gasteiger partial charge is 0.366 e. The zero-order valence-electron chi connectivity index (χ0n) is 18.3. The number of aromatic nitrogens is 4. The SMILES string of the molecule is NC(=O)c1cnc(N[C@H]2CCCNC2)c2cc(-c3cnn(Cc4nc5ccccc5s4)c3)sc12. The van der Waals surface area contributed by atoms with Crippen LogP contribution >= 0.6 is 22.7 Å². The summed E-state index contributed by atoms with van der Waals surface area (Å²) in [4.78, 5) is 22.4. The van der Waals surface area contributed by atoms with Crippen LogP contribution in [0.1, 0.15) is 28.2 Å². The molecule has 1 saturated heterocycles. The normalized spacial score (nSPS) is 16.3. The molecule has 0 unspecified atom stereocenters. The predicted molar refractivity (Wildman–Crippen MR) is 138 cm³/mol. The van der Waals surface area contributed by atoms with Crippen LogP contribution in [0.5, 0.6) is 0 Å². The first-order valence-electron chi connectivity index (χ1n) is 11.2. The number of carbonyl (C=O) groups is 1. The number of piperidine rings is 1. The standard InChI is InChI=1S/C24H23N7OS2/c25-23(32)17-11-27-24(29-15-4-3-7-26-10-15)16-8-20(34-22(16)17)14-9-28-31(12-14)13-21-30-18-5-1-2-6-19(18)33-21/h1-2,5-6,8-9,11-12,15,26H,3-4,7,10,13H2,(H2,25,32)(H,27,29)/t15-/m0/s1. The van der Waals surface area contributed by atoms with Crippen LogP contribution in [0, 0.1) is 0 Å². The predicted octanol–water partition coefficient (Wildman–Crippen LogP) is 4.08. The molecule has 0 spiro atoms. The summed E-state index contributed by atoms with van der Waals surface area (Å²) in [6, 6.07) is 10.5. The molecule has 0 bridgehead atoms. The van der Waals surface area contributed by atoms with E-state index in [0.717, 1.165) is 62.8 Å². The molecule has 4 aromatic heterocycles. The molecule has 0 saturated carbocycles. The van der Waals surface area contributed by atoms with Crippen molar-refractivity contribution in [2.45, 2.75) is 25.4 Å². The number of amides is 1. The van der Waals surface area contributed by atoms with Crippen molar-refractivity contribution in [3.8, 4) is 10.4 Å². The third-order valence-corrected chi connectivity index (χ3v) is 8.25. The van der Waals surface area contributed by atoms with Gasteiger partial charge in [0.1, 0.15) is 10.8 Å². The zero-order chi connectivity index (χ0) is 23.1. The summed E-state index contributed by atoms with van der Waals surface area (Å²) < 4.78 is 3.93. The van der Waals surface area contributed by atoms with Crippen molar-refractivity contribution in [3.05, 3.63) is 59.5 Å². The van der Waals surface area contributed by atoms with E-state index < -0.39 is 5.91 Å². The van der Waals surface area contributed by atoms with E-state index in [1.54, 1.807) is 28.9 Å². The van der Waals surface area contributed by atoms with Crippen LogP contribution < -0.4 is 16.4 Å². The van der Waals surface area contributed by atoms with Gasteiger partial charge in [-0.05, 0) is 37.6 Å². The Balaban J connectivity index is 1.32. The van der Waals surface area contributed by atoms with Crippen LogP contribution in [0.4, 0.5) is 5.82 Å². The van der Waals surface area contributed by atoms with Gasteiger partial charge >= 0.3 is 0 Å². The van der Waals surface area contributed by atoms with E-state index in [1.165, 1.54) is 4.70 Å². The third kappa shape index (κ3) is 4.04. The van der Waals surface area contributed by atoms with Crippen LogP contribution in [0.15, 0.2) is 48.9 Å². The minimum absolute atomic E-state index is 0.309. The van der Waals surface area contributed by atoms with Crippen molar-refractivity contribution in [1.29, 1.82) is 0 Å². The molecule has 1 aromatic carbocycles. The number of thiophene rings is 1. The van der Waals surface area contributed by atoms with Crippen LogP contribution in [0.2, 0.25) is 0 Å². The van der Waals surface area contributed by atoms with E-state index in [4.69, 9.17) is 10.7 Å². The van der Waals surface area contributed by atoms with Crippen LogP contribution in [0.3, 0.4) is 0 Å². The lowest BCUT2D eigenvalue weighted by molar-refractivity contribution is 0.100. The zero-order valence-corrected chi connectivity index (χ0v) is 20.0. The van der Waals surface area contributed by atoms with Gasteiger partial charge in [-0.15, -0.1) is 22.7 Å².